The maximum atomic E-state index is 13.2. The second kappa shape index (κ2) is 5.68. The molecule has 4 nitrogen and oxygen atoms in total. The lowest BCUT2D eigenvalue weighted by atomic mass is 10.2. The summed E-state index contributed by atoms with van der Waals surface area (Å²) in [7, 11) is -3.63. The minimum atomic E-state index is -3.63. The molecule has 0 spiro atoms. The van der Waals surface area contributed by atoms with Crippen LogP contribution in [-0.2, 0) is 15.8 Å². The Morgan fingerprint density at radius 1 is 1.15 bits per heavy atom. The van der Waals surface area contributed by atoms with Crippen LogP contribution in [0.5, 0.6) is 0 Å². The van der Waals surface area contributed by atoms with Gasteiger partial charge in [0.2, 0.25) is 10.0 Å². The molecule has 0 aliphatic carbocycles. The van der Waals surface area contributed by atoms with Gasteiger partial charge in [0.05, 0.1) is 16.5 Å². The van der Waals surface area contributed by atoms with Gasteiger partial charge in [0.1, 0.15) is 5.82 Å². The smallest absolute Gasteiger partial charge is 0.236 e. The van der Waals surface area contributed by atoms with Crippen LogP contribution < -0.4 is 10.5 Å². The van der Waals surface area contributed by atoms with E-state index in [0.717, 1.165) is 6.07 Å². The highest BCUT2D eigenvalue weighted by molar-refractivity contribution is 7.91. The van der Waals surface area contributed by atoms with Crippen molar-refractivity contribution in [3.8, 4) is 0 Å². The third-order valence-corrected chi connectivity index (χ3v) is 4.10. The van der Waals surface area contributed by atoms with E-state index in [1.807, 2.05) is 0 Å². The summed E-state index contributed by atoms with van der Waals surface area (Å²) in [6.45, 7) is 0. The first-order valence-electron chi connectivity index (χ1n) is 5.66. The predicted molar refractivity (Wildman–Crippen MR) is 78.5 cm³/mol. The largest absolute Gasteiger partial charge is 0.399 e. The van der Waals surface area contributed by atoms with Crippen molar-refractivity contribution in [3.05, 3.63) is 58.9 Å². The standard InChI is InChI=1S/C13H12ClFN2O2S/c14-12-6-5-11(7-13(12)15)17-20(18,19)8-9-1-3-10(16)4-2-9/h1-7,17H,8,16H2. The number of hydrogen-bond acceptors (Lipinski definition) is 3. The Kier molecular flexibility index (Phi) is 4.15. The first-order chi connectivity index (χ1) is 9.35. The second-order valence-electron chi connectivity index (χ2n) is 4.23. The van der Waals surface area contributed by atoms with Crippen LogP contribution in [0.25, 0.3) is 0 Å². The van der Waals surface area contributed by atoms with Crippen molar-refractivity contribution in [3.63, 3.8) is 0 Å². The predicted octanol–water partition coefficient (Wildman–Crippen LogP) is 3.00. The number of sulfonamides is 1. The van der Waals surface area contributed by atoms with E-state index >= 15 is 0 Å². The van der Waals surface area contributed by atoms with Crippen molar-refractivity contribution in [2.24, 2.45) is 0 Å². The Balaban J connectivity index is 2.14. The topological polar surface area (TPSA) is 72.2 Å². The normalized spacial score (nSPS) is 11.3. The van der Waals surface area contributed by atoms with Gasteiger partial charge in [-0.15, -0.1) is 0 Å². The van der Waals surface area contributed by atoms with Crippen molar-refractivity contribution in [1.82, 2.24) is 0 Å². The maximum absolute atomic E-state index is 13.2. The van der Waals surface area contributed by atoms with Crippen molar-refractivity contribution >= 4 is 33.0 Å². The number of hydrogen-bond donors (Lipinski definition) is 2. The molecule has 0 bridgehead atoms. The van der Waals surface area contributed by atoms with Crippen molar-refractivity contribution in [2.75, 3.05) is 10.5 Å². The summed E-state index contributed by atoms with van der Waals surface area (Å²) in [6.07, 6.45) is 0. The maximum Gasteiger partial charge on any atom is 0.236 e. The van der Waals surface area contributed by atoms with Crippen molar-refractivity contribution in [2.45, 2.75) is 5.75 Å². The Hall–Kier alpha value is -1.79. The molecular weight excluding hydrogens is 303 g/mol. The van der Waals surface area contributed by atoms with Crippen molar-refractivity contribution in [1.29, 1.82) is 0 Å². The van der Waals surface area contributed by atoms with Crippen LogP contribution in [-0.4, -0.2) is 8.42 Å². The van der Waals surface area contributed by atoms with Crippen LogP contribution >= 0.6 is 11.6 Å². The van der Waals surface area contributed by atoms with E-state index in [2.05, 4.69) is 4.72 Å². The molecule has 0 saturated carbocycles. The van der Waals surface area contributed by atoms with E-state index in [0.29, 0.717) is 11.3 Å². The Morgan fingerprint density at radius 2 is 1.80 bits per heavy atom. The summed E-state index contributed by atoms with van der Waals surface area (Å²) in [6, 6.07) is 10.2. The fourth-order valence-corrected chi connectivity index (χ4v) is 2.92. The molecule has 3 N–H and O–H groups in total. The lowest BCUT2D eigenvalue weighted by Gasteiger charge is -2.08. The lowest BCUT2D eigenvalue weighted by Crippen LogP contribution is -2.15. The molecule has 106 valence electrons. The number of rotatable bonds is 4. The van der Waals surface area contributed by atoms with Gasteiger partial charge in [-0.3, -0.25) is 4.72 Å². The van der Waals surface area contributed by atoms with E-state index in [-0.39, 0.29) is 16.5 Å². The summed E-state index contributed by atoms with van der Waals surface area (Å²) in [5.41, 5.74) is 6.79. The number of benzene rings is 2. The molecule has 0 aromatic heterocycles. The zero-order valence-electron chi connectivity index (χ0n) is 10.3. The average Bonchev–Trinajstić information content (AvgIpc) is 2.36. The van der Waals surface area contributed by atoms with Gasteiger partial charge < -0.3 is 5.73 Å². The summed E-state index contributed by atoms with van der Waals surface area (Å²) >= 11 is 5.53. The van der Waals surface area contributed by atoms with Gasteiger partial charge >= 0.3 is 0 Å². The van der Waals surface area contributed by atoms with Gasteiger partial charge in [-0.25, -0.2) is 12.8 Å². The third kappa shape index (κ3) is 3.85. The summed E-state index contributed by atoms with van der Waals surface area (Å²) < 4.78 is 39.4. The molecule has 0 radical (unpaired) electrons. The lowest BCUT2D eigenvalue weighted by molar-refractivity contribution is 0.600. The fourth-order valence-electron chi connectivity index (χ4n) is 1.61. The molecule has 0 atom stereocenters. The summed E-state index contributed by atoms with van der Waals surface area (Å²) in [5.74, 6) is -0.906. The van der Waals surface area contributed by atoms with Crippen LogP contribution in [0, 0.1) is 5.82 Å². The van der Waals surface area contributed by atoms with Crippen LogP contribution in [0.2, 0.25) is 5.02 Å². The number of anilines is 2. The monoisotopic (exact) mass is 314 g/mol. The van der Waals surface area contributed by atoms with E-state index < -0.39 is 15.8 Å². The molecule has 2 rings (SSSR count). The van der Waals surface area contributed by atoms with Gasteiger partial charge in [-0.1, -0.05) is 23.7 Å². The molecule has 0 fully saturated rings. The molecule has 0 aliphatic heterocycles. The Morgan fingerprint density at radius 3 is 2.40 bits per heavy atom. The van der Waals surface area contributed by atoms with Crippen LogP contribution in [0.15, 0.2) is 42.5 Å². The van der Waals surface area contributed by atoms with Gasteiger partial charge in [0.15, 0.2) is 0 Å². The highest BCUT2D eigenvalue weighted by Crippen LogP contribution is 2.20. The molecule has 20 heavy (non-hydrogen) atoms. The number of nitrogen functional groups attached to an aromatic ring is 1. The summed E-state index contributed by atoms with van der Waals surface area (Å²) in [5, 5.41) is -0.0634. The summed E-state index contributed by atoms with van der Waals surface area (Å²) in [4.78, 5) is 0. The van der Waals surface area contributed by atoms with Gasteiger partial charge in [-0.05, 0) is 35.9 Å². The minimum absolute atomic E-state index is 0.0634. The van der Waals surface area contributed by atoms with Crippen molar-refractivity contribution < 1.29 is 12.8 Å². The highest BCUT2D eigenvalue weighted by atomic mass is 35.5. The highest BCUT2D eigenvalue weighted by Gasteiger charge is 2.12. The molecular formula is C13H12ClFN2O2S. The molecule has 0 amide bonds. The molecule has 0 saturated heterocycles. The SMILES string of the molecule is Nc1ccc(CS(=O)(=O)Nc2ccc(Cl)c(F)c2)cc1. The van der Waals surface area contributed by atoms with Crippen LogP contribution in [0.3, 0.4) is 0 Å². The van der Waals surface area contributed by atoms with Crippen LogP contribution in [0.4, 0.5) is 15.8 Å². The number of halogens is 2. The molecule has 7 heteroatoms. The molecule has 2 aromatic carbocycles. The van der Waals surface area contributed by atoms with Gasteiger partial charge in [0.25, 0.3) is 0 Å². The van der Waals surface area contributed by atoms with E-state index in [9.17, 15) is 12.8 Å². The first-order valence-corrected chi connectivity index (χ1v) is 7.69. The van der Waals surface area contributed by atoms with E-state index in [1.54, 1.807) is 24.3 Å². The molecule has 0 heterocycles. The Labute approximate surface area is 121 Å². The average molecular weight is 315 g/mol. The zero-order valence-corrected chi connectivity index (χ0v) is 11.9. The fraction of sp³-hybridized carbons (Fsp3) is 0.0769. The van der Waals surface area contributed by atoms with Crippen LogP contribution in [0.1, 0.15) is 5.56 Å². The Bertz CT molecular complexity index is 718. The quantitative estimate of drug-likeness (QED) is 0.852. The van der Waals surface area contributed by atoms with E-state index in [4.69, 9.17) is 17.3 Å². The zero-order chi connectivity index (χ0) is 14.8. The first kappa shape index (κ1) is 14.6. The van der Waals surface area contributed by atoms with E-state index in [1.165, 1.54) is 12.1 Å². The molecule has 0 aliphatic rings. The number of nitrogens with two attached hydrogens (primary N) is 1. The molecule has 2 aromatic rings. The van der Waals surface area contributed by atoms with Gasteiger partial charge in [-0.2, -0.15) is 0 Å². The third-order valence-electron chi connectivity index (χ3n) is 2.53. The number of nitrogens with one attached hydrogen (secondary N) is 1. The minimum Gasteiger partial charge on any atom is -0.399 e. The van der Waals surface area contributed by atoms with Gasteiger partial charge in [0, 0.05) is 5.69 Å². The molecule has 0 unspecified atom stereocenters. The second-order valence-corrected chi connectivity index (χ2v) is 6.36.